The molecule has 0 saturated heterocycles. The van der Waals surface area contributed by atoms with Gasteiger partial charge in [0.2, 0.25) is 0 Å². The maximum absolute atomic E-state index is 5.89. The normalized spacial score (nSPS) is 17.8. The Labute approximate surface area is 121 Å². The highest BCUT2D eigenvalue weighted by Crippen LogP contribution is 2.49. The van der Waals surface area contributed by atoms with Gasteiger partial charge in [-0.1, -0.05) is 38.2 Å². The van der Waals surface area contributed by atoms with E-state index >= 15 is 0 Å². The Bertz CT molecular complexity index is 437. The van der Waals surface area contributed by atoms with Crippen LogP contribution in [0.3, 0.4) is 0 Å². The first-order valence-corrected chi connectivity index (χ1v) is 7.46. The van der Waals surface area contributed by atoms with Crippen molar-refractivity contribution in [3.05, 3.63) is 29.8 Å². The molecule has 1 aromatic rings. The summed E-state index contributed by atoms with van der Waals surface area (Å²) in [6, 6.07) is 8.46. The van der Waals surface area contributed by atoms with Crippen LogP contribution in [0.4, 0.5) is 0 Å². The predicted octanol–water partition coefficient (Wildman–Crippen LogP) is 4.04. The van der Waals surface area contributed by atoms with Crippen LogP contribution in [0.25, 0.3) is 0 Å². The number of nitrogens with two attached hydrogens (primary N) is 1. The van der Waals surface area contributed by atoms with Gasteiger partial charge < -0.3 is 10.5 Å². The molecule has 0 amide bonds. The lowest BCUT2D eigenvalue weighted by atomic mass is 9.99. The van der Waals surface area contributed by atoms with Crippen LogP contribution in [0, 0.1) is 5.41 Å². The van der Waals surface area contributed by atoms with Crippen LogP contribution in [0.15, 0.2) is 24.3 Å². The second-order valence-electron chi connectivity index (χ2n) is 5.81. The monoisotopic (exact) mass is 277 g/mol. The number of rotatable bonds is 7. The van der Waals surface area contributed by atoms with E-state index in [-0.39, 0.29) is 5.41 Å². The third kappa shape index (κ3) is 3.93. The second-order valence-corrected chi connectivity index (χ2v) is 6.33. The third-order valence-corrected chi connectivity index (χ3v) is 4.26. The van der Waals surface area contributed by atoms with Gasteiger partial charge in [0.25, 0.3) is 0 Å². The average Bonchev–Trinajstić information content (AvgIpc) is 3.15. The van der Waals surface area contributed by atoms with Crippen molar-refractivity contribution in [1.82, 2.24) is 0 Å². The van der Waals surface area contributed by atoms with Crippen LogP contribution in [-0.2, 0) is 0 Å². The van der Waals surface area contributed by atoms with Crippen LogP contribution in [-0.4, -0.2) is 11.6 Å². The van der Waals surface area contributed by atoms with Gasteiger partial charge in [0, 0.05) is 11.8 Å². The summed E-state index contributed by atoms with van der Waals surface area (Å²) in [5.74, 6) is 1.56. The lowest BCUT2D eigenvalue weighted by Crippen LogP contribution is -2.20. The van der Waals surface area contributed by atoms with Gasteiger partial charge in [-0.2, -0.15) is 0 Å². The zero-order chi connectivity index (χ0) is 13.9. The average molecular weight is 277 g/mol. The minimum absolute atomic E-state index is 0.223. The largest absolute Gasteiger partial charge is 0.493 e. The van der Waals surface area contributed by atoms with E-state index in [4.69, 9.17) is 22.7 Å². The summed E-state index contributed by atoms with van der Waals surface area (Å²) in [7, 11) is 0. The Morgan fingerprint density at radius 1 is 1.37 bits per heavy atom. The number of hydrogen-bond acceptors (Lipinski definition) is 2. The summed E-state index contributed by atoms with van der Waals surface area (Å²) in [4.78, 5) is 0.605. The van der Waals surface area contributed by atoms with Crippen LogP contribution in [0.1, 0.15) is 51.0 Å². The maximum Gasteiger partial charge on any atom is 0.119 e. The lowest BCUT2D eigenvalue weighted by Gasteiger charge is -2.16. The predicted molar refractivity (Wildman–Crippen MR) is 83.7 cm³/mol. The number of hydrogen-bond donors (Lipinski definition) is 1. The summed E-state index contributed by atoms with van der Waals surface area (Å²) in [5.41, 5.74) is 7.23. The highest BCUT2D eigenvalue weighted by Gasteiger charge is 2.43. The van der Waals surface area contributed by atoms with Gasteiger partial charge in [-0.05, 0) is 42.9 Å². The highest BCUT2D eigenvalue weighted by atomic mass is 32.1. The van der Waals surface area contributed by atoms with Crippen LogP contribution < -0.4 is 10.5 Å². The molecule has 104 valence electrons. The Kier molecular flexibility index (Phi) is 4.46. The number of thiocarbonyl (C=S) groups is 1. The van der Waals surface area contributed by atoms with Gasteiger partial charge >= 0.3 is 0 Å². The first kappa shape index (κ1) is 14.3. The summed E-state index contributed by atoms with van der Waals surface area (Å²) in [5, 5.41) is 0. The molecule has 0 aromatic heterocycles. The molecule has 1 saturated carbocycles. The Balaban J connectivity index is 1.88. The third-order valence-electron chi connectivity index (χ3n) is 4.11. The van der Waals surface area contributed by atoms with Crippen molar-refractivity contribution in [3.63, 3.8) is 0 Å². The quantitative estimate of drug-likeness (QED) is 0.764. The summed E-state index contributed by atoms with van der Waals surface area (Å²) >= 11 is 5.00. The second kappa shape index (κ2) is 5.91. The first-order valence-electron chi connectivity index (χ1n) is 7.06. The van der Waals surface area contributed by atoms with Gasteiger partial charge in [-0.3, -0.25) is 0 Å². The van der Waals surface area contributed by atoms with Gasteiger partial charge in [-0.25, -0.2) is 0 Å². The highest BCUT2D eigenvalue weighted by molar-refractivity contribution is 7.80. The van der Waals surface area contributed by atoms with Crippen molar-refractivity contribution in [2.75, 3.05) is 6.61 Å². The molecular weight excluding hydrogens is 254 g/mol. The minimum Gasteiger partial charge on any atom is -0.493 e. The Morgan fingerprint density at radius 2 is 2.00 bits per heavy atom. The zero-order valence-corrected chi connectivity index (χ0v) is 12.6. The molecule has 0 aliphatic heterocycles. The molecule has 3 heteroatoms. The van der Waals surface area contributed by atoms with Crippen LogP contribution >= 0.6 is 12.2 Å². The molecular formula is C16H23NOS. The van der Waals surface area contributed by atoms with Crippen molar-refractivity contribution in [2.45, 2.75) is 45.4 Å². The first-order chi connectivity index (χ1) is 9.04. The van der Waals surface area contributed by atoms with E-state index < -0.39 is 0 Å². The van der Waals surface area contributed by atoms with Crippen molar-refractivity contribution in [1.29, 1.82) is 0 Å². The van der Waals surface area contributed by atoms with Crippen LogP contribution in [0.2, 0.25) is 0 Å². The van der Waals surface area contributed by atoms with E-state index in [1.807, 2.05) is 0 Å². The molecule has 1 aliphatic carbocycles. The van der Waals surface area contributed by atoms with E-state index in [1.54, 1.807) is 0 Å². The van der Waals surface area contributed by atoms with Crippen molar-refractivity contribution in [3.8, 4) is 5.75 Å². The Hall–Kier alpha value is -1.09. The number of benzene rings is 1. The fourth-order valence-corrected chi connectivity index (χ4v) is 2.59. The fraction of sp³-hybridized carbons (Fsp3) is 0.562. The van der Waals surface area contributed by atoms with Crippen LogP contribution in [0.5, 0.6) is 5.75 Å². The molecule has 2 nitrogen and oxygen atoms in total. The molecule has 0 radical (unpaired) electrons. The fourth-order valence-electron chi connectivity index (χ4n) is 2.28. The van der Waals surface area contributed by atoms with Gasteiger partial charge in [0.05, 0.1) is 11.6 Å². The molecule has 1 atom stereocenters. The van der Waals surface area contributed by atoms with Gasteiger partial charge in [-0.15, -0.1) is 0 Å². The lowest BCUT2D eigenvalue weighted by molar-refractivity contribution is 0.239. The Morgan fingerprint density at radius 3 is 2.47 bits per heavy atom. The summed E-state index contributed by atoms with van der Waals surface area (Å²) in [6.07, 6.45) is 4.33. The van der Waals surface area contributed by atoms with Gasteiger partial charge in [0.15, 0.2) is 0 Å². The molecule has 0 bridgehead atoms. The molecule has 0 spiro atoms. The topological polar surface area (TPSA) is 35.2 Å². The van der Waals surface area contributed by atoms with Crippen molar-refractivity contribution >= 4 is 17.2 Å². The minimum atomic E-state index is 0.223. The molecule has 2 N–H and O–H groups in total. The standard InChI is InChI=1S/C16H23NOS/c1-3-12(2)13-4-6-14(7-5-13)18-11-16(8-9-16)10-15(17)19/h4-7,12H,3,8-11H2,1-2H3,(H2,17,19). The van der Waals surface area contributed by atoms with E-state index in [9.17, 15) is 0 Å². The summed E-state index contributed by atoms with van der Waals surface area (Å²) in [6.45, 7) is 5.19. The van der Waals surface area contributed by atoms with E-state index in [0.29, 0.717) is 10.9 Å². The van der Waals surface area contributed by atoms with E-state index in [1.165, 1.54) is 18.4 Å². The molecule has 19 heavy (non-hydrogen) atoms. The molecule has 1 unspecified atom stereocenters. The van der Waals surface area contributed by atoms with Gasteiger partial charge in [0.1, 0.15) is 5.75 Å². The molecule has 1 aromatic carbocycles. The number of ether oxygens (including phenoxy) is 1. The van der Waals surface area contributed by atoms with E-state index in [2.05, 4.69) is 38.1 Å². The van der Waals surface area contributed by atoms with E-state index in [0.717, 1.165) is 25.2 Å². The maximum atomic E-state index is 5.89. The molecule has 1 aliphatic rings. The summed E-state index contributed by atoms with van der Waals surface area (Å²) < 4.78 is 5.89. The molecule has 2 rings (SSSR count). The van der Waals surface area contributed by atoms with Crippen molar-refractivity contribution < 1.29 is 4.74 Å². The molecule has 1 fully saturated rings. The van der Waals surface area contributed by atoms with Crippen molar-refractivity contribution in [2.24, 2.45) is 11.1 Å². The SMILES string of the molecule is CCC(C)c1ccc(OCC2(CC(N)=S)CC2)cc1. The molecule has 0 heterocycles. The zero-order valence-electron chi connectivity index (χ0n) is 11.8. The smallest absolute Gasteiger partial charge is 0.119 e.